The van der Waals surface area contributed by atoms with Crippen LogP contribution in [0, 0.1) is 0 Å². The van der Waals surface area contributed by atoms with Gasteiger partial charge in [0.05, 0.1) is 22.1 Å². The monoisotopic (exact) mass is 822 g/mol. The zero-order valence-corrected chi connectivity index (χ0v) is 35.4. The van der Waals surface area contributed by atoms with Crippen LogP contribution in [0.2, 0.25) is 0 Å². The number of nitrogens with zero attached hydrogens (tertiary/aromatic N) is 2. The van der Waals surface area contributed by atoms with Gasteiger partial charge in [0.2, 0.25) is 0 Å². The van der Waals surface area contributed by atoms with Crippen LogP contribution in [0.4, 0.5) is 0 Å². The molecule has 0 N–H and O–H groups in total. The molecule has 0 amide bonds. The topological polar surface area (TPSA) is 9.86 Å². The Kier molecular flexibility index (Phi) is 8.95. The van der Waals surface area contributed by atoms with Crippen molar-refractivity contribution in [2.75, 3.05) is 0 Å². The first-order chi connectivity index (χ1) is 31.3. The van der Waals surface area contributed by atoms with Gasteiger partial charge in [0.25, 0.3) is 0 Å². The molecule has 0 aliphatic rings. The third-order valence-corrected chi connectivity index (χ3v) is 16.5. The van der Waals surface area contributed by atoms with Crippen molar-refractivity contribution in [2.24, 2.45) is 0 Å². The third-order valence-electron chi connectivity index (χ3n) is 12.6. The summed E-state index contributed by atoms with van der Waals surface area (Å²) in [6.45, 7) is 0. The number of para-hydroxylation sites is 2. The van der Waals surface area contributed by atoms with E-state index in [2.05, 4.69) is 264 Å². The predicted octanol–water partition coefficient (Wildman–Crippen LogP) is 16.6. The normalized spacial score (nSPS) is 12.1. The van der Waals surface area contributed by atoms with Crippen molar-refractivity contribution in [3.05, 3.63) is 255 Å². The van der Waals surface area contributed by atoms with Gasteiger partial charge in [-0.2, -0.15) is 0 Å². The standard InChI is InChI=1S/C60H42N2S/c1-5-20-43(21-6-1)45-24-17-30-50(40-45)63(48-26-9-3-10-27-48,49-28-11-4-12-29-49)51-31-18-25-46(41-51)62-56-35-15-13-32-53(56)54-39-38-47(42-59(54)62)61-57-36-16-14-33-55(57)60-52(34-19-37-58(60)61)44-22-7-2-8-23-44/h1-42H. The summed E-state index contributed by atoms with van der Waals surface area (Å²) in [5.41, 5.74) is 11.9. The Labute approximate surface area is 368 Å². The van der Waals surface area contributed by atoms with E-state index in [0.717, 1.165) is 11.4 Å². The van der Waals surface area contributed by atoms with Gasteiger partial charge in [-0.15, -0.1) is 10.0 Å². The zero-order chi connectivity index (χ0) is 41.7. The van der Waals surface area contributed by atoms with Crippen molar-refractivity contribution in [3.8, 4) is 33.6 Å². The maximum atomic E-state index is 2.49. The average molecular weight is 823 g/mol. The van der Waals surface area contributed by atoms with E-state index in [-0.39, 0.29) is 0 Å². The fraction of sp³-hybridized carbons (Fsp3) is 0. The van der Waals surface area contributed by atoms with E-state index in [4.69, 9.17) is 0 Å². The van der Waals surface area contributed by atoms with Crippen molar-refractivity contribution in [1.82, 2.24) is 9.13 Å². The van der Waals surface area contributed by atoms with E-state index >= 15 is 0 Å². The molecule has 0 bridgehead atoms. The van der Waals surface area contributed by atoms with Gasteiger partial charge in [-0.3, -0.25) is 0 Å². The largest absolute Gasteiger partial charge is 0.309 e. The molecule has 2 aromatic heterocycles. The van der Waals surface area contributed by atoms with Crippen molar-refractivity contribution < 1.29 is 0 Å². The highest BCUT2D eigenvalue weighted by atomic mass is 32.3. The Morgan fingerprint density at radius 1 is 0.254 bits per heavy atom. The van der Waals surface area contributed by atoms with Crippen molar-refractivity contribution >= 4 is 53.6 Å². The second kappa shape index (κ2) is 15.3. The van der Waals surface area contributed by atoms with Crippen LogP contribution >= 0.6 is 10.0 Å². The molecule has 0 aliphatic carbocycles. The lowest BCUT2D eigenvalue weighted by molar-refractivity contribution is 1.14. The second-order valence-electron chi connectivity index (χ2n) is 16.1. The van der Waals surface area contributed by atoms with Crippen molar-refractivity contribution in [2.45, 2.75) is 19.6 Å². The average Bonchev–Trinajstić information content (AvgIpc) is 3.88. The lowest BCUT2D eigenvalue weighted by Gasteiger charge is -2.42. The minimum atomic E-state index is -2.00. The van der Waals surface area contributed by atoms with E-state index in [1.54, 1.807) is 0 Å². The summed E-state index contributed by atoms with van der Waals surface area (Å²) >= 11 is 0. The number of fused-ring (bicyclic) bond motifs is 6. The summed E-state index contributed by atoms with van der Waals surface area (Å²) in [6.07, 6.45) is 0. The summed E-state index contributed by atoms with van der Waals surface area (Å²) < 4.78 is 4.94. The zero-order valence-electron chi connectivity index (χ0n) is 34.6. The van der Waals surface area contributed by atoms with Gasteiger partial charge in [-0.25, -0.2) is 0 Å². The Balaban J connectivity index is 1.12. The van der Waals surface area contributed by atoms with Gasteiger partial charge in [-0.1, -0.05) is 170 Å². The molecule has 12 aromatic rings. The van der Waals surface area contributed by atoms with Gasteiger partial charge < -0.3 is 9.13 Å². The lowest BCUT2D eigenvalue weighted by atomic mass is 9.99. The molecule has 0 fully saturated rings. The van der Waals surface area contributed by atoms with E-state index < -0.39 is 10.0 Å². The lowest BCUT2D eigenvalue weighted by Crippen LogP contribution is -2.06. The number of aromatic nitrogens is 2. The van der Waals surface area contributed by atoms with E-state index in [0.29, 0.717) is 0 Å². The molecule has 298 valence electrons. The summed E-state index contributed by atoms with van der Waals surface area (Å²) in [4.78, 5) is 5.17. The van der Waals surface area contributed by atoms with Crippen LogP contribution < -0.4 is 0 Å². The van der Waals surface area contributed by atoms with E-state index in [9.17, 15) is 0 Å². The van der Waals surface area contributed by atoms with Crippen LogP contribution in [-0.4, -0.2) is 9.13 Å². The first kappa shape index (κ1) is 37.0. The highest BCUT2D eigenvalue weighted by Crippen LogP contribution is 2.73. The molecule has 0 unspecified atom stereocenters. The van der Waals surface area contributed by atoms with Crippen LogP contribution in [0.15, 0.2) is 274 Å². The highest BCUT2D eigenvalue weighted by Gasteiger charge is 2.34. The predicted molar refractivity (Wildman–Crippen MR) is 266 cm³/mol. The molecule has 0 spiro atoms. The van der Waals surface area contributed by atoms with Crippen LogP contribution in [0.1, 0.15) is 0 Å². The molecule has 3 heteroatoms. The SMILES string of the molecule is c1ccc(-c2cccc(S(c3ccccc3)(c3ccccc3)c3cccc(-n4c5ccccc5c5ccc(-n6c7ccccc7c7c(-c8ccccc8)cccc76)cc54)c3)c2)cc1. The molecule has 0 saturated carbocycles. The molecular formula is C60H42N2S. The summed E-state index contributed by atoms with van der Waals surface area (Å²) in [5, 5.41) is 4.98. The van der Waals surface area contributed by atoms with Crippen molar-refractivity contribution in [1.29, 1.82) is 0 Å². The Morgan fingerprint density at radius 3 is 1.41 bits per heavy atom. The molecule has 2 heterocycles. The molecule has 10 aromatic carbocycles. The number of benzene rings is 10. The quantitative estimate of drug-likeness (QED) is 0.144. The van der Waals surface area contributed by atoms with Crippen molar-refractivity contribution in [3.63, 3.8) is 0 Å². The van der Waals surface area contributed by atoms with Crippen LogP contribution in [0.25, 0.3) is 77.2 Å². The van der Waals surface area contributed by atoms with Gasteiger partial charge in [0.15, 0.2) is 0 Å². The Morgan fingerprint density at radius 2 is 0.714 bits per heavy atom. The fourth-order valence-corrected chi connectivity index (χ4v) is 13.8. The number of rotatable bonds is 8. The van der Waals surface area contributed by atoms with Crippen LogP contribution in [0.3, 0.4) is 0 Å². The first-order valence-corrected chi connectivity index (χ1v) is 23.2. The molecule has 2 nitrogen and oxygen atoms in total. The van der Waals surface area contributed by atoms with Crippen LogP contribution in [0.5, 0.6) is 0 Å². The summed E-state index contributed by atoms with van der Waals surface area (Å²) in [5.74, 6) is 0. The van der Waals surface area contributed by atoms with Gasteiger partial charge >= 0.3 is 0 Å². The minimum Gasteiger partial charge on any atom is -0.309 e. The molecule has 0 atom stereocenters. The van der Waals surface area contributed by atoms with Crippen LogP contribution in [-0.2, 0) is 0 Å². The van der Waals surface area contributed by atoms with E-state index in [1.807, 2.05) is 0 Å². The van der Waals surface area contributed by atoms with Gasteiger partial charge in [-0.05, 0) is 107 Å². The fourth-order valence-electron chi connectivity index (χ4n) is 9.91. The Hall–Kier alpha value is -7.85. The second-order valence-corrected chi connectivity index (χ2v) is 19.2. The Bertz CT molecular complexity index is 3570. The summed E-state index contributed by atoms with van der Waals surface area (Å²) in [6, 6.07) is 93.9. The first-order valence-electron chi connectivity index (χ1n) is 21.6. The van der Waals surface area contributed by atoms with Gasteiger partial charge in [0, 0.05) is 52.5 Å². The maximum absolute atomic E-state index is 2.49. The summed E-state index contributed by atoms with van der Waals surface area (Å²) in [7, 11) is -2.00. The molecule has 0 aliphatic heterocycles. The molecule has 0 saturated heterocycles. The highest BCUT2D eigenvalue weighted by molar-refractivity contribution is 8.34. The number of hydrogen-bond acceptors (Lipinski definition) is 0. The van der Waals surface area contributed by atoms with Gasteiger partial charge in [0.1, 0.15) is 0 Å². The van der Waals surface area contributed by atoms with E-state index in [1.165, 1.54) is 85.4 Å². The molecule has 0 radical (unpaired) electrons. The molecule has 12 rings (SSSR count). The number of hydrogen-bond donors (Lipinski definition) is 0. The molecule has 63 heavy (non-hydrogen) atoms. The molecular weight excluding hydrogens is 781 g/mol. The third kappa shape index (κ3) is 5.96. The maximum Gasteiger partial charge on any atom is 0.0561 e. The smallest absolute Gasteiger partial charge is 0.0561 e. The minimum absolute atomic E-state index is 1.13.